The van der Waals surface area contributed by atoms with Gasteiger partial charge in [-0.3, -0.25) is 4.98 Å². The second-order valence-corrected chi connectivity index (χ2v) is 4.60. The van der Waals surface area contributed by atoms with E-state index < -0.39 is 0 Å². The number of piperidine rings is 1. The smallest absolute Gasteiger partial charge is 0.0826 e. The largest absolute Gasteiger partial charge is 0.374 e. The fourth-order valence-corrected chi connectivity index (χ4v) is 2.21. The number of aromatic nitrogens is 1. The molecule has 1 aliphatic heterocycles. The summed E-state index contributed by atoms with van der Waals surface area (Å²) in [5, 5.41) is 3.46. The fraction of sp³-hybridized carbons (Fsp3) is 0.700. The van der Waals surface area contributed by atoms with Gasteiger partial charge in [-0.2, -0.15) is 0 Å². The van der Waals surface area contributed by atoms with Crippen molar-refractivity contribution in [2.45, 2.75) is 31.9 Å². The van der Waals surface area contributed by atoms with Gasteiger partial charge in [0.15, 0.2) is 0 Å². The highest BCUT2D eigenvalue weighted by molar-refractivity contribution is 7.09. The number of rotatable bonds is 4. The highest BCUT2D eigenvalue weighted by atomic mass is 32.1. The van der Waals surface area contributed by atoms with Crippen LogP contribution >= 0.6 is 11.3 Å². The van der Waals surface area contributed by atoms with Gasteiger partial charge < -0.3 is 10.1 Å². The van der Waals surface area contributed by atoms with E-state index in [0.717, 1.165) is 13.2 Å². The molecule has 1 aliphatic rings. The van der Waals surface area contributed by atoms with Crippen LogP contribution in [-0.4, -0.2) is 24.2 Å². The number of ether oxygens (including phenoxy) is 1. The maximum absolute atomic E-state index is 5.63. The Morgan fingerprint density at radius 1 is 1.57 bits per heavy atom. The molecule has 0 bridgehead atoms. The van der Waals surface area contributed by atoms with Crippen LogP contribution in [0.15, 0.2) is 11.7 Å². The van der Waals surface area contributed by atoms with Crippen LogP contribution in [-0.2, 0) is 11.3 Å². The van der Waals surface area contributed by atoms with Gasteiger partial charge in [0.25, 0.3) is 0 Å². The summed E-state index contributed by atoms with van der Waals surface area (Å²) in [6.07, 6.45) is 5.77. The van der Waals surface area contributed by atoms with Crippen molar-refractivity contribution in [3.05, 3.63) is 16.6 Å². The Morgan fingerprint density at radius 3 is 3.29 bits per heavy atom. The minimum absolute atomic E-state index is 0.566. The van der Waals surface area contributed by atoms with Gasteiger partial charge in [0, 0.05) is 12.2 Å². The summed E-state index contributed by atoms with van der Waals surface area (Å²) >= 11 is 1.65. The Labute approximate surface area is 88.5 Å². The lowest BCUT2D eigenvalue weighted by molar-refractivity contribution is 0.0927. The zero-order valence-electron chi connectivity index (χ0n) is 8.24. The van der Waals surface area contributed by atoms with Crippen molar-refractivity contribution in [3.8, 4) is 0 Å². The van der Waals surface area contributed by atoms with Crippen LogP contribution in [0.4, 0.5) is 0 Å². The van der Waals surface area contributed by atoms with Crippen LogP contribution in [0.3, 0.4) is 0 Å². The molecule has 0 amide bonds. The lowest BCUT2D eigenvalue weighted by atomic mass is 10.1. The molecule has 14 heavy (non-hydrogen) atoms. The molecule has 1 atom stereocenters. The zero-order valence-corrected chi connectivity index (χ0v) is 9.05. The Balaban J connectivity index is 1.62. The second kappa shape index (κ2) is 5.44. The highest BCUT2D eigenvalue weighted by Gasteiger charge is 2.12. The summed E-state index contributed by atoms with van der Waals surface area (Å²) in [6, 6.07) is 0.566. The van der Waals surface area contributed by atoms with E-state index in [2.05, 4.69) is 10.3 Å². The quantitative estimate of drug-likeness (QED) is 0.826. The van der Waals surface area contributed by atoms with Crippen LogP contribution in [0.1, 0.15) is 24.1 Å². The van der Waals surface area contributed by atoms with Crippen molar-refractivity contribution in [2.24, 2.45) is 0 Å². The summed E-state index contributed by atoms with van der Waals surface area (Å²) < 4.78 is 5.63. The first-order chi connectivity index (χ1) is 6.95. The van der Waals surface area contributed by atoms with Gasteiger partial charge in [-0.1, -0.05) is 6.42 Å². The van der Waals surface area contributed by atoms with E-state index in [1.807, 2.05) is 11.7 Å². The van der Waals surface area contributed by atoms with E-state index in [9.17, 15) is 0 Å². The van der Waals surface area contributed by atoms with E-state index in [1.54, 1.807) is 11.3 Å². The van der Waals surface area contributed by atoms with E-state index in [4.69, 9.17) is 4.74 Å². The van der Waals surface area contributed by atoms with Crippen LogP contribution in [0.2, 0.25) is 0 Å². The lowest BCUT2D eigenvalue weighted by Gasteiger charge is -2.22. The molecule has 1 unspecified atom stereocenters. The summed E-state index contributed by atoms with van der Waals surface area (Å²) in [6.45, 7) is 2.69. The molecule has 1 aromatic rings. The molecule has 0 aromatic carbocycles. The maximum atomic E-state index is 5.63. The average Bonchev–Trinajstić information content (AvgIpc) is 2.72. The Kier molecular flexibility index (Phi) is 3.91. The second-order valence-electron chi connectivity index (χ2n) is 3.63. The third-order valence-electron chi connectivity index (χ3n) is 2.46. The topological polar surface area (TPSA) is 34.1 Å². The van der Waals surface area contributed by atoms with Crippen LogP contribution in [0, 0.1) is 0 Å². The van der Waals surface area contributed by atoms with Crippen molar-refractivity contribution in [1.29, 1.82) is 0 Å². The van der Waals surface area contributed by atoms with Gasteiger partial charge >= 0.3 is 0 Å². The molecule has 0 saturated carbocycles. The molecule has 0 radical (unpaired) electrons. The first-order valence-electron chi connectivity index (χ1n) is 5.13. The monoisotopic (exact) mass is 212 g/mol. The van der Waals surface area contributed by atoms with Crippen LogP contribution in [0.5, 0.6) is 0 Å². The standard InChI is InChI=1S/C10H16N2OS/c1-2-4-12-9(3-1)6-13-7-10-5-11-8-14-10/h5,8-9,12H,1-4,6-7H2. The summed E-state index contributed by atoms with van der Waals surface area (Å²) in [4.78, 5) is 5.22. The Bertz CT molecular complexity index is 245. The van der Waals surface area contributed by atoms with Crippen molar-refractivity contribution in [1.82, 2.24) is 10.3 Å². The van der Waals surface area contributed by atoms with Gasteiger partial charge in [0.05, 0.1) is 23.6 Å². The number of hydrogen-bond donors (Lipinski definition) is 1. The molecular formula is C10H16N2OS. The molecule has 0 aliphatic carbocycles. The first kappa shape index (κ1) is 10.1. The molecule has 0 spiro atoms. The highest BCUT2D eigenvalue weighted by Crippen LogP contribution is 2.10. The zero-order chi connectivity index (χ0) is 9.64. The predicted octanol–water partition coefficient (Wildman–Crippen LogP) is 1.80. The minimum Gasteiger partial charge on any atom is -0.374 e. The maximum Gasteiger partial charge on any atom is 0.0826 e. The fourth-order valence-electron chi connectivity index (χ4n) is 1.68. The normalized spacial score (nSPS) is 22.4. The minimum atomic E-state index is 0.566. The van der Waals surface area contributed by atoms with Gasteiger partial charge in [-0.05, 0) is 19.4 Å². The molecule has 4 heteroatoms. The van der Waals surface area contributed by atoms with Crippen LogP contribution in [0.25, 0.3) is 0 Å². The van der Waals surface area contributed by atoms with E-state index >= 15 is 0 Å². The van der Waals surface area contributed by atoms with Gasteiger partial charge in [-0.15, -0.1) is 11.3 Å². The van der Waals surface area contributed by atoms with Gasteiger partial charge in [0.2, 0.25) is 0 Å². The van der Waals surface area contributed by atoms with Crippen molar-refractivity contribution >= 4 is 11.3 Å². The Morgan fingerprint density at radius 2 is 2.57 bits per heavy atom. The third kappa shape index (κ3) is 3.04. The summed E-state index contributed by atoms with van der Waals surface area (Å²) in [7, 11) is 0. The molecule has 1 saturated heterocycles. The number of thiazole rings is 1. The first-order valence-corrected chi connectivity index (χ1v) is 6.01. The van der Waals surface area contributed by atoms with Crippen LogP contribution < -0.4 is 5.32 Å². The Hall–Kier alpha value is -0.450. The molecule has 1 aromatic heterocycles. The van der Waals surface area contributed by atoms with E-state index in [-0.39, 0.29) is 0 Å². The lowest BCUT2D eigenvalue weighted by Crippen LogP contribution is -2.37. The van der Waals surface area contributed by atoms with Crippen molar-refractivity contribution in [3.63, 3.8) is 0 Å². The summed E-state index contributed by atoms with van der Waals surface area (Å²) in [5.41, 5.74) is 1.84. The molecular weight excluding hydrogens is 196 g/mol. The van der Waals surface area contributed by atoms with Crippen molar-refractivity contribution in [2.75, 3.05) is 13.2 Å². The van der Waals surface area contributed by atoms with E-state index in [1.165, 1.54) is 24.1 Å². The van der Waals surface area contributed by atoms with E-state index in [0.29, 0.717) is 12.6 Å². The third-order valence-corrected chi connectivity index (χ3v) is 3.21. The number of nitrogens with one attached hydrogen (secondary N) is 1. The predicted molar refractivity (Wildman–Crippen MR) is 57.4 cm³/mol. The van der Waals surface area contributed by atoms with Crippen molar-refractivity contribution < 1.29 is 4.74 Å². The average molecular weight is 212 g/mol. The molecule has 1 N–H and O–H groups in total. The van der Waals surface area contributed by atoms with Gasteiger partial charge in [-0.25, -0.2) is 0 Å². The number of hydrogen-bond acceptors (Lipinski definition) is 4. The molecule has 2 rings (SSSR count). The summed E-state index contributed by atoms with van der Waals surface area (Å²) in [5.74, 6) is 0. The SMILES string of the molecule is c1ncc(COCC2CCCCN2)s1. The van der Waals surface area contributed by atoms with Gasteiger partial charge in [0.1, 0.15) is 0 Å². The molecule has 78 valence electrons. The molecule has 3 nitrogen and oxygen atoms in total. The number of nitrogens with zero attached hydrogens (tertiary/aromatic N) is 1. The molecule has 1 fully saturated rings. The molecule has 2 heterocycles.